The van der Waals surface area contributed by atoms with Gasteiger partial charge in [-0.25, -0.2) is 4.39 Å². The fourth-order valence-electron chi connectivity index (χ4n) is 1.97. The lowest BCUT2D eigenvalue weighted by Gasteiger charge is -2.09. The number of aryl methyl sites for hydroxylation is 1. The first-order chi connectivity index (χ1) is 9.66. The van der Waals surface area contributed by atoms with Gasteiger partial charge >= 0.3 is 0 Å². The van der Waals surface area contributed by atoms with Crippen LogP contribution in [0, 0.1) is 5.82 Å². The topological polar surface area (TPSA) is 55.1 Å². The largest absolute Gasteiger partial charge is 0.397 e. The number of nitrogens with one attached hydrogen (secondary N) is 1. The molecule has 2 aromatic carbocycles. The van der Waals surface area contributed by atoms with Crippen LogP contribution in [0.15, 0.2) is 48.5 Å². The van der Waals surface area contributed by atoms with Gasteiger partial charge in [0.2, 0.25) is 5.91 Å². The van der Waals surface area contributed by atoms with Crippen LogP contribution in [0.3, 0.4) is 0 Å². The summed E-state index contributed by atoms with van der Waals surface area (Å²) < 4.78 is 13.5. The molecule has 0 spiro atoms. The fourth-order valence-corrected chi connectivity index (χ4v) is 1.97. The molecule has 0 aliphatic rings. The summed E-state index contributed by atoms with van der Waals surface area (Å²) in [7, 11) is 0. The van der Waals surface area contributed by atoms with Crippen LogP contribution in [0.5, 0.6) is 0 Å². The normalized spacial score (nSPS) is 10.2. The van der Waals surface area contributed by atoms with E-state index in [2.05, 4.69) is 5.32 Å². The van der Waals surface area contributed by atoms with Crippen molar-refractivity contribution in [2.75, 3.05) is 11.1 Å². The summed E-state index contributed by atoms with van der Waals surface area (Å²) in [4.78, 5) is 11.8. The van der Waals surface area contributed by atoms with E-state index in [0.717, 1.165) is 6.42 Å². The van der Waals surface area contributed by atoms with Gasteiger partial charge in [-0.2, -0.15) is 0 Å². The predicted molar refractivity (Wildman–Crippen MR) is 78.8 cm³/mol. The predicted octanol–water partition coefficient (Wildman–Crippen LogP) is 3.37. The SMILES string of the molecule is Nc1cccc(F)c1NC(=O)CCCc1ccccc1. The Morgan fingerprint density at radius 1 is 1.10 bits per heavy atom. The molecule has 0 radical (unpaired) electrons. The Morgan fingerprint density at radius 2 is 1.85 bits per heavy atom. The Labute approximate surface area is 117 Å². The number of hydrogen-bond acceptors (Lipinski definition) is 2. The highest BCUT2D eigenvalue weighted by molar-refractivity contribution is 5.93. The lowest BCUT2D eigenvalue weighted by atomic mass is 10.1. The first kappa shape index (κ1) is 14.1. The third kappa shape index (κ3) is 3.82. The van der Waals surface area contributed by atoms with Crippen LogP contribution in [0.2, 0.25) is 0 Å². The molecule has 0 saturated heterocycles. The van der Waals surface area contributed by atoms with Crippen LogP contribution >= 0.6 is 0 Å². The first-order valence-electron chi connectivity index (χ1n) is 6.54. The summed E-state index contributed by atoms with van der Waals surface area (Å²) in [5.74, 6) is -0.737. The molecule has 104 valence electrons. The number of amides is 1. The minimum absolute atomic E-state index is 0.0669. The minimum Gasteiger partial charge on any atom is -0.397 e. The number of hydrogen-bond donors (Lipinski definition) is 2. The lowest BCUT2D eigenvalue weighted by molar-refractivity contribution is -0.116. The van der Waals surface area contributed by atoms with E-state index in [1.54, 1.807) is 6.07 Å². The van der Waals surface area contributed by atoms with Crippen LogP contribution in [-0.4, -0.2) is 5.91 Å². The zero-order valence-corrected chi connectivity index (χ0v) is 11.1. The zero-order valence-electron chi connectivity index (χ0n) is 11.1. The van der Waals surface area contributed by atoms with E-state index in [4.69, 9.17) is 5.73 Å². The molecule has 0 unspecified atom stereocenters. The molecule has 0 saturated carbocycles. The number of para-hydroxylation sites is 1. The standard InChI is InChI=1S/C16H17FN2O/c17-13-9-5-10-14(18)16(13)19-15(20)11-4-8-12-6-2-1-3-7-12/h1-3,5-7,9-10H,4,8,11,18H2,(H,19,20). The monoisotopic (exact) mass is 272 g/mol. The molecule has 0 aromatic heterocycles. The van der Waals surface area contributed by atoms with E-state index in [1.807, 2.05) is 30.3 Å². The highest BCUT2D eigenvalue weighted by Gasteiger charge is 2.09. The summed E-state index contributed by atoms with van der Waals surface area (Å²) >= 11 is 0. The van der Waals surface area contributed by atoms with Gasteiger partial charge in [0.15, 0.2) is 0 Å². The first-order valence-corrected chi connectivity index (χ1v) is 6.54. The molecule has 0 aliphatic heterocycles. The molecular weight excluding hydrogens is 255 g/mol. The van der Waals surface area contributed by atoms with E-state index < -0.39 is 5.82 Å². The number of halogens is 1. The lowest BCUT2D eigenvalue weighted by Crippen LogP contribution is -2.14. The zero-order chi connectivity index (χ0) is 14.4. The van der Waals surface area contributed by atoms with Gasteiger partial charge in [-0.05, 0) is 30.5 Å². The Kier molecular flexibility index (Phi) is 4.71. The molecule has 3 nitrogen and oxygen atoms in total. The molecular formula is C16H17FN2O. The van der Waals surface area contributed by atoms with Crippen molar-refractivity contribution < 1.29 is 9.18 Å². The summed E-state index contributed by atoms with van der Waals surface area (Å²) in [5.41, 5.74) is 7.12. The van der Waals surface area contributed by atoms with Crippen molar-refractivity contribution in [3.05, 3.63) is 59.9 Å². The molecule has 0 fully saturated rings. The Morgan fingerprint density at radius 3 is 2.55 bits per heavy atom. The van der Waals surface area contributed by atoms with Crippen LogP contribution in [0.4, 0.5) is 15.8 Å². The molecule has 20 heavy (non-hydrogen) atoms. The third-order valence-electron chi connectivity index (χ3n) is 3.02. The number of nitrogen functional groups attached to an aromatic ring is 1. The van der Waals surface area contributed by atoms with Gasteiger partial charge in [0.1, 0.15) is 11.5 Å². The van der Waals surface area contributed by atoms with Crippen molar-refractivity contribution in [2.24, 2.45) is 0 Å². The maximum atomic E-state index is 13.5. The second kappa shape index (κ2) is 6.70. The molecule has 0 atom stereocenters. The van der Waals surface area contributed by atoms with Crippen molar-refractivity contribution in [3.63, 3.8) is 0 Å². The number of rotatable bonds is 5. The summed E-state index contributed by atoms with van der Waals surface area (Å²) in [5, 5.41) is 2.53. The summed E-state index contributed by atoms with van der Waals surface area (Å²) in [6.07, 6.45) is 1.87. The molecule has 1 amide bonds. The molecule has 2 aromatic rings. The Bertz CT molecular complexity index is 564. The highest BCUT2D eigenvalue weighted by atomic mass is 19.1. The minimum atomic E-state index is -0.513. The average Bonchev–Trinajstić information content (AvgIpc) is 2.44. The second-order valence-electron chi connectivity index (χ2n) is 4.59. The molecule has 4 heteroatoms. The van der Waals surface area contributed by atoms with Crippen LogP contribution in [0.25, 0.3) is 0 Å². The molecule has 2 rings (SSSR count). The van der Waals surface area contributed by atoms with Crippen molar-refractivity contribution in [2.45, 2.75) is 19.3 Å². The van der Waals surface area contributed by atoms with Crippen molar-refractivity contribution in [1.29, 1.82) is 0 Å². The van der Waals surface area contributed by atoms with Gasteiger partial charge in [-0.15, -0.1) is 0 Å². The number of carbonyl (C=O) groups is 1. The smallest absolute Gasteiger partial charge is 0.224 e. The van der Waals surface area contributed by atoms with Crippen LogP contribution in [-0.2, 0) is 11.2 Å². The van der Waals surface area contributed by atoms with E-state index >= 15 is 0 Å². The van der Waals surface area contributed by atoms with Gasteiger partial charge in [0.05, 0.1) is 5.69 Å². The van der Waals surface area contributed by atoms with Gasteiger partial charge in [0.25, 0.3) is 0 Å². The van der Waals surface area contributed by atoms with E-state index in [9.17, 15) is 9.18 Å². The number of benzene rings is 2. The van der Waals surface area contributed by atoms with Gasteiger partial charge in [-0.3, -0.25) is 4.79 Å². The maximum absolute atomic E-state index is 13.5. The number of carbonyl (C=O) groups excluding carboxylic acids is 1. The quantitative estimate of drug-likeness (QED) is 0.820. The van der Waals surface area contributed by atoms with Crippen LogP contribution < -0.4 is 11.1 Å². The average molecular weight is 272 g/mol. The fraction of sp³-hybridized carbons (Fsp3) is 0.188. The summed E-state index contributed by atoms with van der Waals surface area (Å²) in [6.45, 7) is 0. The third-order valence-corrected chi connectivity index (χ3v) is 3.02. The van der Waals surface area contributed by atoms with Gasteiger partial charge < -0.3 is 11.1 Å². The molecule has 0 bridgehead atoms. The van der Waals surface area contributed by atoms with Crippen molar-refractivity contribution in [3.8, 4) is 0 Å². The Balaban J connectivity index is 1.84. The highest BCUT2D eigenvalue weighted by Crippen LogP contribution is 2.22. The van der Waals surface area contributed by atoms with Crippen molar-refractivity contribution in [1.82, 2.24) is 0 Å². The van der Waals surface area contributed by atoms with Gasteiger partial charge in [0, 0.05) is 6.42 Å². The van der Waals surface area contributed by atoms with Crippen LogP contribution in [0.1, 0.15) is 18.4 Å². The molecule has 3 N–H and O–H groups in total. The Hall–Kier alpha value is -2.36. The van der Waals surface area contributed by atoms with E-state index in [-0.39, 0.29) is 17.3 Å². The van der Waals surface area contributed by atoms with E-state index in [1.165, 1.54) is 17.7 Å². The maximum Gasteiger partial charge on any atom is 0.224 e. The molecule has 0 heterocycles. The number of anilines is 2. The number of nitrogens with two attached hydrogens (primary N) is 1. The second-order valence-corrected chi connectivity index (χ2v) is 4.59. The van der Waals surface area contributed by atoms with Crippen molar-refractivity contribution >= 4 is 17.3 Å². The molecule has 0 aliphatic carbocycles. The summed E-state index contributed by atoms with van der Waals surface area (Å²) in [6, 6.07) is 14.3. The van der Waals surface area contributed by atoms with E-state index in [0.29, 0.717) is 12.8 Å². The van der Waals surface area contributed by atoms with Gasteiger partial charge in [-0.1, -0.05) is 36.4 Å².